The summed E-state index contributed by atoms with van der Waals surface area (Å²) in [6.45, 7) is 3.61. The first-order chi connectivity index (χ1) is 9.33. The zero-order valence-corrected chi connectivity index (χ0v) is 11.7. The fourth-order valence-electron chi connectivity index (χ4n) is 2.19. The second kappa shape index (κ2) is 7.22. The molecule has 0 fully saturated rings. The van der Waals surface area contributed by atoms with Gasteiger partial charge >= 0.3 is 0 Å². The van der Waals surface area contributed by atoms with Crippen molar-refractivity contribution in [2.24, 2.45) is 0 Å². The van der Waals surface area contributed by atoms with Gasteiger partial charge in [0.2, 0.25) is 0 Å². The Hall–Kier alpha value is -1.45. The van der Waals surface area contributed by atoms with Crippen molar-refractivity contribution < 1.29 is 4.74 Å². The highest BCUT2D eigenvalue weighted by atomic mass is 16.5. The predicted octanol–water partition coefficient (Wildman–Crippen LogP) is 2.79. The zero-order valence-electron chi connectivity index (χ0n) is 11.7. The number of hydrogen-bond donors (Lipinski definition) is 1. The van der Waals surface area contributed by atoms with Crippen LogP contribution in [0, 0.1) is 0 Å². The highest BCUT2D eigenvalue weighted by molar-refractivity contribution is 5.78. The quantitative estimate of drug-likeness (QED) is 0.775. The van der Waals surface area contributed by atoms with Gasteiger partial charge in [0.15, 0.2) is 0 Å². The minimum atomic E-state index is 0.417. The second-order valence-electron chi connectivity index (χ2n) is 4.67. The van der Waals surface area contributed by atoms with Gasteiger partial charge < -0.3 is 10.1 Å². The highest BCUT2D eigenvalue weighted by Gasteiger charge is 2.08. The Morgan fingerprint density at radius 1 is 1.21 bits per heavy atom. The summed E-state index contributed by atoms with van der Waals surface area (Å²) in [5, 5.41) is 4.53. The number of aromatic nitrogens is 1. The summed E-state index contributed by atoms with van der Waals surface area (Å²) in [6.07, 6.45) is 1.95. The van der Waals surface area contributed by atoms with Gasteiger partial charge in [-0.25, -0.2) is 0 Å². The highest BCUT2D eigenvalue weighted by Crippen LogP contribution is 2.13. The van der Waals surface area contributed by atoms with E-state index in [2.05, 4.69) is 29.6 Å². The Bertz CT molecular complexity index is 513. The van der Waals surface area contributed by atoms with Gasteiger partial charge in [-0.05, 0) is 32.5 Å². The van der Waals surface area contributed by atoms with E-state index in [9.17, 15) is 0 Å². The van der Waals surface area contributed by atoms with E-state index in [0.29, 0.717) is 6.04 Å². The van der Waals surface area contributed by atoms with E-state index < -0.39 is 0 Å². The Kier molecular flexibility index (Phi) is 5.31. The molecule has 1 atom stereocenters. The lowest BCUT2D eigenvalue weighted by molar-refractivity contribution is 0.137. The third kappa shape index (κ3) is 4.01. The van der Waals surface area contributed by atoms with Gasteiger partial charge in [-0.1, -0.05) is 24.3 Å². The molecule has 0 spiro atoms. The number of pyridine rings is 1. The van der Waals surface area contributed by atoms with Crippen molar-refractivity contribution in [2.75, 3.05) is 20.3 Å². The zero-order chi connectivity index (χ0) is 13.5. The van der Waals surface area contributed by atoms with Crippen LogP contribution >= 0.6 is 0 Å². The molecule has 0 aliphatic heterocycles. The molecule has 0 aliphatic rings. The maximum Gasteiger partial charge on any atom is 0.0705 e. The number of hydrogen-bond acceptors (Lipinski definition) is 3. The maximum atomic E-state index is 5.41. The van der Waals surface area contributed by atoms with Gasteiger partial charge in [-0.2, -0.15) is 0 Å². The molecule has 0 amide bonds. The number of likely N-dealkylation sites (N-methyl/N-ethyl adjacent to an activating group) is 1. The largest absolute Gasteiger partial charge is 0.382 e. The molecular weight excluding hydrogens is 236 g/mol. The van der Waals surface area contributed by atoms with Crippen LogP contribution in [0.3, 0.4) is 0 Å². The molecule has 1 N–H and O–H groups in total. The number of para-hydroxylation sites is 1. The number of nitrogens with zero attached hydrogens (tertiary/aromatic N) is 1. The molecule has 0 aliphatic carbocycles. The van der Waals surface area contributed by atoms with E-state index in [-0.39, 0.29) is 0 Å². The Morgan fingerprint density at radius 2 is 2.05 bits per heavy atom. The third-order valence-electron chi connectivity index (χ3n) is 3.33. The van der Waals surface area contributed by atoms with Crippen molar-refractivity contribution in [3.8, 4) is 0 Å². The molecular formula is C16H22N2O. The van der Waals surface area contributed by atoms with E-state index in [1.165, 1.54) is 5.39 Å². The Labute approximate surface area is 115 Å². The maximum absolute atomic E-state index is 5.41. The van der Waals surface area contributed by atoms with E-state index in [1.54, 1.807) is 0 Å². The average Bonchev–Trinajstić information content (AvgIpc) is 2.46. The van der Waals surface area contributed by atoms with Crippen LogP contribution in [0.4, 0.5) is 0 Å². The van der Waals surface area contributed by atoms with Gasteiger partial charge in [-0.3, -0.25) is 4.98 Å². The first kappa shape index (κ1) is 14.0. The Morgan fingerprint density at radius 3 is 2.84 bits per heavy atom. The summed E-state index contributed by atoms with van der Waals surface area (Å²) in [6, 6.07) is 12.9. The SMILES string of the molecule is CCOCCC(Cc1ccc2ccccc2n1)NC. The number of nitrogens with one attached hydrogen (secondary N) is 1. The lowest BCUT2D eigenvalue weighted by Gasteiger charge is -2.15. The number of benzene rings is 1. The Balaban J connectivity index is 2.02. The van der Waals surface area contributed by atoms with Crippen molar-refractivity contribution in [3.63, 3.8) is 0 Å². The molecule has 3 nitrogen and oxygen atoms in total. The molecule has 0 radical (unpaired) electrons. The minimum Gasteiger partial charge on any atom is -0.382 e. The predicted molar refractivity (Wildman–Crippen MR) is 79.4 cm³/mol. The number of ether oxygens (including phenoxy) is 1. The molecule has 0 bridgehead atoms. The molecule has 0 saturated carbocycles. The molecule has 3 heteroatoms. The van der Waals surface area contributed by atoms with Gasteiger partial charge in [-0.15, -0.1) is 0 Å². The molecule has 102 valence electrons. The summed E-state index contributed by atoms with van der Waals surface area (Å²) < 4.78 is 5.41. The van der Waals surface area contributed by atoms with Crippen LogP contribution in [0.15, 0.2) is 36.4 Å². The summed E-state index contributed by atoms with van der Waals surface area (Å²) in [4.78, 5) is 4.71. The van der Waals surface area contributed by atoms with Crippen LogP contribution in [-0.2, 0) is 11.2 Å². The summed E-state index contributed by atoms with van der Waals surface area (Å²) >= 11 is 0. The van der Waals surface area contributed by atoms with E-state index in [1.807, 2.05) is 26.1 Å². The summed E-state index contributed by atoms with van der Waals surface area (Å²) in [5.74, 6) is 0. The summed E-state index contributed by atoms with van der Waals surface area (Å²) in [5.41, 5.74) is 2.20. The van der Waals surface area contributed by atoms with E-state index >= 15 is 0 Å². The number of rotatable bonds is 7. The van der Waals surface area contributed by atoms with Crippen LogP contribution < -0.4 is 5.32 Å². The first-order valence-corrected chi connectivity index (χ1v) is 6.93. The topological polar surface area (TPSA) is 34.1 Å². The molecule has 1 aromatic heterocycles. The van der Waals surface area contributed by atoms with Gasteiger partial charge in [0.25, 0.3) is 0 Å². The molecule has 1 heterocycles. The molecule has 19 heavy (non-hydrogen) atoms. The lowest BCUT2D eigenvalue weighted by atomic mass is 10.1. The molecule has 1 aromatic carbocycles. The van der Waals surface area contributed by atoms with Crippen molar-refractivity contribution in [1.82, 2.24) is 10.3 Å². The van der Waals surface area contributed by atoms with Crippen LogP contribution in [-0.4, -0.2) is 31.3 Å². The monoisotopic (exact) mass is 258 g/mol. The molecule has 2 aromatic rings. The van der Waals surface area contributed by atoms with Crippen molar-refractivity contribution in [1.29, 1.82) is 0 Å². The van der Waals surface area contributed by atoms with Crippen molar-refractivity contribution in [3.05, 3.63) is 42.1 Å². The fourth-order valence-corrected chi connectivity index (χ4v) is 2.19. The van der Waals surface area contributed by atoms with Crippen LogP contribution in [0.25, 0.3) is 10.9 Å². The van der Waals surface area contributed by atoms with E-state index in [4.69, 9.17) is 9.72 Å². The smallest absolute Gasteiger partial charge is 0.0705 e. The van der Waals surface area contributed by atoms with Crippen LogP contribution in [0.1, 0.15) is 19.0 Å². The van der Waals surface area contributed by atoms with Gasteiger partial charge in [0.05, 0.1) is 5.52 Å². The van der Waals surface area contributed by atoms with Gasteiger partial charge in [0, 0.05) is 36.8 Å². The van der Waals surface area contributed by atoms with Gasteiger partial charge in [0.1, 0.15) is 0 Å². The third-order valence-corrected chi connectivity index (χ3v) is 3.33. The summed E-state index contributed by atoms with van der Waals surface area (Å²) in [7, 11) is 2.00. The minimum absolute atomic E-state index is 0.417. The van der Waals surface area contributed by atoms with Crippen molar-refractivity contribution >= 4 is 10.9 Å². The number of fused-ring (bicyclic) bond motifs is 1. The second-order valence-corrected chi connectivity index (χ2v) is 4.67. The lowest BCUT2D eigenvalue weighted by Crippen LogP contribution is -2.29. The van der Waals surface area contributed by atoms with Crippen LogP contribution in [0.5, 0.6) is 0 Å². The standard InChI is InChI=1S/C16H22N2O/c1-3-19-11-10-14(17-2)12-15-9-8-13-6-4-5-7-16(13)18-15/h4-9,14,17H,3,10-12H2,1-2H3. The molecule has 0 saturated heterocycles. The van der Waals surface area contributed by atoms with E-state index in [0.717, 1.165) is 37.3 Å². The molecule has 2 rings (SSSR count). The molecule has 1 unspecified atom stereocenters. The average molecular weight is 258 g/mol. The van der Waals surface area contributed by atoms with Crippen molar-refractivity contribution in [2.45, 2.75) is 25.8 Å². The van der Waals surface area contributed by atoms with Crippen LogP contribution in [0.2, 0.25) is 0 Å². The first-order valence-electron chi connectivity index (χ1n) is 6.93. The fraction of sp³-hybridized carbons (Fsp3) is 0.438. The normalized spacial score (nSPS) is 12.7.